The molecule has 2 heterocycles. The van der Waals surface area contributed by atoms with Gasteiger partial charge in [0.25, 0.3) is 0 Å². The molecule has 30 heavy (non-hydrogen) atoms. The standard InChI is InChI=1S/C23H27N3O3.ClH/c1-29-20-4-2-3-16(13-20)14-22(27)26-12-9-17-5-6-19(15-21(17)26)25-23(28)18-7-10-24-11-8-18;/h2-6,13,15,18,24H,7-12,14H2,1H3,(H,25,28);1H. The molecule has 7 heteroatoms. The van der Waals surface area contributed by atoms with Gasteiger partial charge in [0.1, 0.15) is 5.75 Å². The van der Waals surface area contributed by atoms with Crippen LogP contribution < -0.4 is 20.3 Å². The number of nitrogens with zero attached hydrogens (tertiary/aromatic N) is 1. The van der Waals surface area contributed by atoms with Crippen molar-refractivity contribution in [2.45, 2.75) is 25.7 Å². The highest BCUT2D eigenvalue weighted by molar-refractivity contribution is 5.99. The minimum Gasteiger partial charge on any atom is -0.497 e. The molecule has 0 saturated carbocycles. The van der Waals surface area contributed by atoms with E-state index in [1.807, 2.05) is 47.4 Å². The van der Waals surface area contributed by atoms with Crippen molar-refractivity contribution in [1.29, 1.82) is 0 Å². The number of benzene rings is 2. The number of piperidine rings is 1. The Kier molecular flexibility index (Phi) is 7.34. The van der Waals surface area contributed by atoms with E-state index >= 15 is 0 Å². The third kappa shape index (κ3) is 4.94. The van der Waals surface area contributed by atoms with Crippen molar-refractivity contribution in [3.8, 4) is 5.75 Å². The van der Waals surface area contributed by atoms with Gasteiger partial charge in [-0.3, -0.25) is 9.59 Å². The maximum atomic E-state index is 12.9. The van der Waals surface area contributed by atoms with Crippen LogP contribution in [0.3, 0.4) is 0 Å². The number of methoxy groups -OCH3 is 1. The fourth-order valence-corrected chi connectivity index (χ4v) is 4.10. The molecule has 2 amide bonds. The van der Waals surface area contributed by atoms with Gasteiger partial charge >= 0.3 is 0 Å². The summed E-state index contributed by atoms with van der Waals surface area (Å²) in [6.45, 7) is 2.44. The predicted octanol–water partition coefficient (Wildman–Crippen LogP) is 3.19. The molecule has 0 aliphatic carbocycles. The molecule has 2 aromatic carbocycles. The third-order valence-electron chi connectivity index (χ3n) is 5.75. The zero-order valence-corrected chi connectivity index (χ0v) is 18.0. The molecular weight excluding hydrogens is 402 g/mol. The summed E-state index contributed by atoms with van der Waals surface area (Å²) in [6, 6.07) is 13.5. The van der Waals surface area contributed by atoms with Crippen LogP contribution in [0.1, 0.15) is 24.0 Å². The lowest BCUT2D eigenvalue weighted by Gasteiger charge is -2.22. The van der Waals surface area contributed by atoms with E-state index in [0.717, 1.165) is 60.6 Å². The molecule has 0 bridgehead atoms. The average Bonchev–Trinajstić information content (AvgIpc) is 3.18. The number of carbonyl (C=O) groups excluding carboxylic acids is 2. The summed E-state index contributed by atoms with van der Waals surface area (Å²) in [4.78, 5) is 27.3. The summed E-state index contributed by atoms with van der Waals surface area (Å²) >= 11 is 0. The normalized spacial score (nSPS) is 15.8. The topological polar surface area (TPSA) is 70.7 Å². The first-order chi connectivity index (χ1) is 14.1. The first kappa shape index (κ1) is 22.1. The number of nitrogens with one attached hydrogen (secondary N) is 2. The van der Waals surface area contributed by atoms with Crippen LogP contribution in [0.4, 0.5) is 11.4 Å². The van der Waals surface area contributed by atoms with Gasteiger partial charge in [0.15, 0.2) is 0 Å². The fraction of sp³-hybridized carbons (Fsp3) is 0.391. The fourth-order valence-electron chi connectivity index (χ4n) is 4.10. The van der Waals surface area contributed by atoms with Crippen LogP contribution in [-0.4, -0.2) is 38.6 Å². The zero-order chi connectivity index (χ0) is 20.2. The van der Waals surface area contributed by atoms with Crippen molar-refractivity contribution in [2.24, 2.45) is 5.92 Å². The maximum absolute atomic E-state index is 12.9. The SMILES string of the molecule is COc1cccc(CC(=O)N2CCc3ccc(NC(=O)C4CCNCC4)cc32)c1.Cl. The summed E-state index contributed by atoms with van der Waals surface area (Å²) in [7, 11) is 1.62. The summed E-state index contributed by atoms with van der Waals surface area (Å²) in [5.41, 5.74) is 3.73. The smallest absolute Gasteiger partial charge is 0.231 e. The van der Waals surface area contributed by atoms with Gasteiger partial charge in [-0.15, -0.1) is 12.4 Å². The van der Waals surface area contributed by atoms with Crippen LogP contribution in [0.15, 0.2) is 42.5 Å². The highest BCUT2D eigenvalue weighted by atomic mass is 35.5. The van der Waals surface area contributed by atoms with Crippen molar-refractivity contribution in [3.05, 3.63) is 53.6 Å². The number of hydrogen-bond donors (Lipinski definition) is 2. The van der Waals surface area contributed by atoms with Gasteiger partial charge in [0.2, 0.25) is 11.8 Å². The van der Waals surface area contributed by atoms with Crippen LogP contribution in [-0.2, 0) is 22.4 Å². The number of anilines is 2. The molecule has 2 aliphatic rings. The van der Waals surface area contributed by atoms with Crippen molar-refractivity contribution < 1.29 is 14.3 Å². The Balaban J connectivity index is 0.00000256. The van der Waals surface area contributed by atoms with E-state index < -0.39 is 0 Å². The molecule has 2 N–H and O–H groups in total. The lowest BCUT2D eigenvalue weighted by atomic mass is 9.97. The molecular formula is C23H28ClN3O3. The summed E-state index contributed by atoms with van der Waals surface area (Å²) in [6.07, 6.45) is 2.88. The highest BCUT2D eigenvalue weighted by Gasteiger charge is 2.26. The second-order valence-corrected chi connectivity index (χ2v) is 7.68. The zero-order valence-electron chi connectivity index (χ0n) is 17.1. The van der Waals surface area contributed by atoms with Crippen molar-refractivity contribution in [2.75, 3.05) is 37.0 Å². The van der Waals surface area contributed by atoms with Gasteiger partial charge in [-0.1, -0.05) is 18.2 Å². The Hall–Kier alpha value is -2.57. The van der Waals surface area contributed by atoms with Crippen LogP contribution in [0.5, 0.6) is 5.75 Å². The summed E-state index contributed by atoms with van der Waals surface area (Å²) < 4.78 is 5.25. The Bertz CT molecular complexity index is 912. The molecule has 4 rings (SSSR count). The van der Waals surface area contributed by atoms with Gasteiger partial charge in [-0.25, -0.2) is 0 Å². The molecule has 1 fully saturated rings. The molecule has 0 aromatic heterocycles. The number of fused-ring (bicyclic) bond motifs is 1. The predicted molar refractivity (Wildman–Crippen MR) is 121 cm³/mol. The van der Waals surface area contributed by atoms with E-state index in [2.05, 4.69) is 10.6 Å². The molecule has 0 unspecified atom stereocenters. The molecule has 0 atom stereocenters. The van der Waals surface area contributed by atoms with E-state index in [9.17, 15) is 9.59 Å². The Morgan fingerprint density at radius 1 is 1.17 bits per heavy atom. The first-order valence-electron chi connectivity index (χ1n) is 10.2. The number of amides is 2. The minimum absolute atomic E-state index is 0. The second kappa shape index (κ2) is 9.96. The number of hydrogen-bond acceptors (Lipinski definition) is 4. The number of carbonyl (C=O) groups is 2. The van der Waals surface area contributed by atoms with E-state index in [-0.39, 0.29) is 30.1 Å². The lowest BCUT2D eigenvalue weighted by molar-refractivity contribution is -0.120. The van der Waals surface area contributed by atoms with Crippen LogP contribution >= 0.6 is 12.4 Å². The van der Waals surface area contributed by atoms with Gasteiger partial charge in [0, 0.05) is 23.8 Å². The number of halogens is 1. The van der Waals surface area contributed by atoms with Crippen molar-refractivity contribution in [3.63, 3.8) is 0 Å². The van der Waals surface area contributed by atoms with Crippen LogP contribution in [0.2, 0.25) is 0 Å². The van der Waals surface area contributed by atoms with Crippen LogP contribution in [0.25, 0.3) is 0 Å². The van der Waals surface area contributed by atoms with E-state index in [4.69, 9.17) is 4.74 Å². The van der Waals surface area contributed by atoms with Gasteiger partial charge < -0.3 is 20.3 Å². The molecule has 2 aromatic rings. The van der Waals surface area contributed by atoms with E-state index in [1.54, 1.807) is 7.11 Å². The Morgan fingerprint density at radius 2 is 1.97 bits per heavy atom. The molecule has 6 nitrogen and oxygen atoms in total. The van der Waals surface area contributed by atoms with Crippen molar-refractivity contribution >= 4 is 35.6 Å². The first-order valence-corrected chi connectivity index (χ1v) is 10.2. The van der Waals surface area contributed by atoms with Crippen LogP contribution in [0, 0.1) is 5.92 Å². The second-order valence-electron chi connectivity index (χ2n) is 7.68. The summed E-state index contributed by atoms with van der Waals surface area (Å²) in [5.74, 6) is 0.924. The highest BCUT2D eigenvalue weighted by Crippen LogP contribution is 2.32. The van der Waals surface area contributed by atoms with Crippen molar-refractivity contribution in [1.82, 2.24) is 5.32 Å². The van der Waals surface area contributed by atoms with Gasteiger partial charge in [-0.2, -0.15) is 0 Å². The molecule has 1 saturated heterocycles. The Morgan fingerprint density at radius 3 is 2.73 bits per heavy atom. The number of rotatable bonds is 5. The quantitative estimate of drug-likeness (QED) is 0.765. The monoisotopic (exact) mass is 429 g/mol. The van der Waals surface area contributed by atoms with Gasteiger partial charge in [0.05, 0.1) is 13.5 Å². The molecule has 0 radical (unpaired) electrons. The largest absolute Gasteiger partial charge is 0.497 e. The van der Waals surface area contributed by atoms with Gasteiger partial charge in [-0.05, 0) is 67.7 Å². The van der Waals surface area contributed by atoms with E-state index in [1.165, 1.54) is 0 Å². The Labute approximate surface area is 183 Å². The minimum atomic E-state index is 0. The lowest BCUT2D eigenvalue weighted by Crippen LogP contribution is -2.34. The number of ether oxygens (including phenoxy) is 1. The van der Waals surface area contributed by atoms with E-state index in [0.29, 0.717) is 13.0 Å². The molecule has 160 valence electrons. The molecule has 2 aliphatic heterocycles. The summed E-state index contributed by atoms with van der Waals surface area (Å²) in [5, 5.41) is 6.33. The maximum Gasteiger partial charge on any atom is 0.231 e. The third-order valence-corrected chi connectivity index (χ3v) is 5.75. The average molecular weight is 430 g/mol. The molecule has 0 spiro atoms.